The second kappa shape index (κ2) is 13.0. The van der Waals surface area contributed by atoms with Crippen LogP contribution in [0.5, 0.6) is 0 Å². The minimum atomic E-state index is -0.0720. The van der Waals surface area contributed by atoms with Crippen LogP contribution in [0.25, 0.3) is 71.7 Å². The maximum Gasteiger partial charge on any atom is 0.159 e. The van der Waals surface area contributed by atoms with Gasteiger partial charge in [0.2, 0.25) is 0 Å². The molecule has 9 aromatic rings. The standard InChI is InChI=1S/C54H40N2O/c1-54(2)49-34-55-31-30-45(49)47-16-8-15-44(52(47)54)37-24-28-43(29-25-37)56(50-18-9-17-48-46-14-5-6-19-51(46)57-53(48)50)42-26-22-36(23-27-42)39-12-7-13-40(32-39)41-21-20-35-10-3-4-11-38(35)33-41/h3-33,55H,34H2,1-2H3. The molecule has 2 aliphatic rings. The Labute approximate surface area is 332 Å². The van der Waals surface area contributed by atoms with Gasteiger partial charge in [0.1, 0.15) is 5.58 Å². The van der Waals surface area contributed by atoms with Crippen molar-refractivity contribution in [3.63, 3.8) is 0 Å². The number of rotatable bonds is 6. The van der Waals surface area contributed by atoms with Crippen molar-refractivity contribution < 1.29 is 4.42 Å². The number of nitrogens with zero attached hydrogens (tertiary/aromatic N) is 1. The Balaban J connectivity index is 0.999. The van der Waals surface area contributed by atoms with Gasteiger partial charge in [-0.05, 0) is 127 Å². The number of anilines is 3. The van der Waals surface area contributed by atoms with Crippen molar-refractivity contribution in [2.45, 2.75) is 19.3 Å². The van der Waals surface area contributed by atoms with E-state index in [1.165, 1.54) is 66.4 Å². The van der Waals surface area contributed by atoms with E-state index in [-0.39, 0.29) is 5.41 Å². The lowest BCUT2D eigenvalue weighted by molar-refractivity contribution is 0.613. The van der Waals surface area contributed by atoms with Crippen LogP contribution in [0.1, 0.15) is 25.0 Å². The molecule has 2 heterocycles. The molecule has 0 amide bonds. The van der Waals surface area contributed by atoms with Gasteiger partial charge in [-0.2, -0.15) is 0 Å². The van der Waals surface area contributed by atoms with Gasteiger partial charge in [-0.25, -0.2) is 0 Å². The topological polar surface area (TPSA) is 28.4 Å². The highest BCUT2D eigenvalue weighted by Crippen LogP contribution is 2.51. The van der Waals surface area contributed by atoms with Crippen molar-refractivity contribution in [1.82, 2.24) is 5.32 Å². The molecule has 1 aliphatic carbocycles. The van der Waals surface area contributed by atoms with Crippen LogP contribution in [0, 0.1) is 0 Å². The molecule has 0 atom stereocenters. The summed E-state index contributed by atoms with van der Waals surface area (Å²) in [6.07, 6.45) is 4.32. The molecule has 0 unspecified atom stereocenters. The number of dihydropyridines is 1. The summed E-state index contributed by atoms with van der Waals surface area (Å²) < 4.78 is 6.64. The normalized spacial score (nSPS) is 14.2. The molecule has 3 heteroatoms. The molecule has 272 valence electrons. The molecule has 0 radical (unpaired) electrons. The predicted octanol–water partition coefficient (Wildman–Crippen LogP) is 14.4. The van der Waals surface area contributed by atoms with Crippen LogP contribution in [0.4, 0.5) is 17.1 Å². The van der Waals surface area contributed by atoms with Gasteiger partial charge in [0.15, 0.2) is 5.58 Å². The first-order chi connectivity index (χ1) is 28.0. The third kappa shape index (κ3) is 5.42. The molecule has 8 aromatic carbocycles. The van der Waals surface area contributed by atoms with Crippen LogP contribution in [0.2, 0.25) is 0 Å². The molecular weight excluding hydrogens is 693 g/mol. The van der Waals surface area contributed by atoms with E-state index >= 15 is 0 Å². The third-order valence-electron chi connectivity index (χ3n) is 12.2. The molecule has 1 aromatic heterocycles. The number of hydrogen-bond donors (Lipinski definition) is 1. The summed E-state index contributed by atoms with van der Waals surface area (Å²) >= 11 is 0. The minimum Gasteiger partial charge on any atom is -0.454 e. The highest BCUT2D eigenvalue weighted by molar-refractivity contribution is 6.10. The van der Waals surface area contributed by atoms with Crippen LogP contribution in [0.15, 0.2) is 198 Å². The highest BCUT2D eigenvalue weighted by Gasteiger charge is 2.39. The summed E-state index contributed by atoms with van der Waals surface area (Å²) in [5.74, 6) is 0. The summed E-state index contributed by atoms with van der Waals surface area (Å²) in [5, 5.41) is 8.18. The van der Waals surface area contributed by atoms with Gasteiger partial charge in [0.05, 0.1) is 5.69 Å². The zero-order valence-corrected chi connectivity index (χ0v) is 32.0. The Morgan fingerprint density at radius 1 is 0.526 bits per heavy atom. The number of para-hydroxylation sites is 2. The highest BCUT2D eigenvalue weighted by atomic mass is 16.3. The van der Waals surface area contributed by atoms with Gasteiger partial charge in [-0.1, -0.05) is 141 Å². The smallest absolute Gasteiger partial charge is 0.159 e. The summed E-state index contributed by atoms with van der Waals surface area (Å²) in [7, 11) is 0. The van der Waals surface area contributed by atoms with Crippen molar-refractivity contribution in [1.29, 1.82) is 0 Å². The fourth-order valence-corrected chi connectivity index (χ4v) is 9.33. The molecule has 11 rings (SSSR count). The molecule has 1 aliphatic heterocycles. The summed E-state index contributed by atoms with van der Waals surface area (Å²) in [6.45, 7) is 5.61. The fourth-order valence-electron chi connectivity index (χ4n) is 9.33. The van der Waals surface area contributed by atoms with E-state index in [1.54, 1.807) is 0 Å². The van der Waals surface area contributed by atoms with Gasteiger partial charge in [0.25, 0.3) is 0 Å². The first-order valence-corrected chi connectivity index (χ1v) is 19.8. The fraction of sp³-hybridized carbons (Fsp3) is 0.0741. The van der Waals surface area contributed by atoms with Crippen molar-refractivity contribution in [2.24, 2.45) is 0 Å². The molecule has 57 heavy (non-hydrogen) atoms. The van der Waals surface area contributed by atoms with Crippen LogP contribution in [0.3, 0.4) is 0 Å². The SMILES string of the molecule is CC1(C)C2=C(C=CNC2)c2cccc(-c3ccc(N(c4ccc(-c5cccc(-c6ccc7ccccc7c6)c5)cc4)c4cccc5c4oc4ccccc45)cc3)c21. The zero-order valence-electron chi connectivity index (χ0n) is 32.0. The van der Waals surface area contributed by atoms with Gasteiger partial charge < -0.3 is 14.6 Å². The van der Waals surface area contributed by atoms with Crippen molar-refractivity contribution >= 4 is 55.3 Å². The summed E-state index contributed by atoms with van der Waals surface area (Å²) in [4.78, 5) is 2.33. The Bertz CT molecular complexity index is 3090. The Morgan fingerprint density at radius 2 is 1.16 bits per heavy atom. The van der Waals surface area contributed by atoms with E-state index in [4.69, 9.17) is 4.42 Å². The minimum absolute atomic E-state index is 0.0720. The summed E-state index contributed by atoms with van der Waals surface area (Å²) in [6, 6.07) is 63.7. The van der Waals surface area contributed by atoms with Gasteiger partial charge >= 0.3 is 0 Å². The average molecular weight is 733 g/mol. The molecule has 0 fully saturated rings. The lowest BCUT2D eigenvalue weighted by atomic mass is 9.77. The van der Waals surface area contributed by atoms with E-state index < -0.39 is 0 Å². The van der Waals surface area contributed by atoms with Crippen molar-refractivity contribution in [3.8, 4) is 33.4 Å². The van der Waals surface area contributed by atoms with Crippen LogP contribution >= 0.6 is 0 Å². The molecule has 3 nitrogen and oxygen atoms in total. The molecule has 0 bridgehead atoms. The average Bonchev–Trinajstić information content (AvgIpc) is 3.77. The maximum atomic E-state index is 6.64. The number of nitrogens with one attached hydrogen (secondary N) is 1. The van der Waals surface area contributed by atoms with Gasteiger partial charge in [0, 0.05) is 34.1 Å². The molecule has 1 N–H and O–H groups in total. The maximum absolute atomic E-state index is 6.64. The largest absolute Gasteiger partial charge is 0.454 e. The van der Waals surface area contributed by atoms with E-state index in [0.717, 1.165) is 45.5 Å². The van der Waals surface area contributed by atoms with E-state index in [0.29, 0.717) is 0 Å². The number of allylic oxidation sites excluding steroid dienone is 2. The Hall–Kier alpha value is -7.10. The number of benzene rings is 8. The van der Waals surface area contributed by atoms with Crippen LogP contribution < -0.4 is 10.2 Å². The van der Waals surface area contributed by atoms with Crippen LogP contribution in [-0.4, -0.2) is 6.54 Å². The Kier molecular flexibility index (Phi) is 7.58. The number of fused-ring (bicyclic) bond motifs is 6. The lowest BCUT2D eigenvalue weighted by Crippen LogP contribution is -2.26. The van der Waals surface area contributed by atoms with E-state index in [2.05, 4.69) is 206 Å². The quantitative estimate of drug-likeness (QED) is 0.184. The molecule has 0 spiro atoms. The number of hydrogen-bond acceptors (Lipinski definition) is 3. The van der Waals surface area contributed by atoms with Crippen molar-refractivity contribution in [2.75, 3.05) is 11.4 Å². The monoisotopic (exact) mass is 732 g/mol. The summed E-state index contributed by atoms with van der Waals surface area (Å²) in [5.41, 5.74) is 17.6. The lowest BCUT2D eigenvalue weighted by Gasteiger charge is -2.28. The van der Waals surface area contributed by atoms with E-state index in [9.17, 15) is 0 Å². The number of furan rings is 1. The second-order valence-electron chi connectivity index (χ2n) is 15.8. The second-order valence-corrected chi connectivity index (χ2v) is 15.8. The van der Waals surface area contributed by atoms with Crippen LogP contribution in [-0.2, 0) is 5.41 Å². The molecular formula is C54H40N2O. The molecule has 0 saturated carbocycles. The predicted molar refractivity (Wildman–Crippen MR) is 239 cm³/mol. The molecule has 0 saturated heterocycles. The first kappa shape index (κ1) is 33.3. The zero-order chi connectivity index (χ0) is 38.1. The van der Waals surface area contributed by atoms with E-state index in [1.807, 2.05) is 6.07 Å². The first-order valence-electron chi connectivity index (χ1n) is 19.8. The van der Waals surface area contributed by atoms with Gasteiger partial charge in [-0.3, -0.25) is 0 Å². The van der Waals surface area contributed by atoms with Crippen molar-refractivity contribution in [3.05, 3.63) is 205 Å². The van der Waals surface area contributed by atoms with Gasteiger partial charge in [-0.15, -0.1) is 0 Å². The third-order valence-corrected chi connectivity index (χ3v) is 12.2. The Morgan fingerprint density at radius 3 is 1.98 bits per heavy atom.